The van der Waals surface area contributed by atoms with Gasteiger partial charge in [-0.25, -0.2) is 4.18 Å². The average molecular weight is 1260 g/mol. The molecule has 5 saturated heterocycles. The van der Waals surface area contributed by atoms with Gasteiger partial charge >= 0.3 is 10.4 Å². The van der Waals surface area contributed by atoms with Gasteiger partial charge in [0.15, 0.2) is 37.2 Å². The van der Waals surface area contributed by atoms with Gasteiger partial charge in [-0.3, -0.25) is 9.35 Å². The molecule has 3 saturated carbocycles. The third-order valence-electron chi connectivity index (χ3n) is 20.4. The van der Waals surface area contributed by atoms with Gasteiger partial charge in [-0.15, -0.1) is 0 Å². The van der Waals surface area contributed by atoms with Gasteiger partial charge in [0.05, 0.1) is 48.8 Å². The molecular weight excluding hydrogens is 1160 g/mol. The molecule has 33 atom stereocenters. The van der Waals surface area contributed by atoms with Gasteiger partial charge in [0.25, 0.3) is 0 Å². The van der Waals surface area contributed by atoms with Crippen molar-refractivity contribution in [1.82, 2.24) is 0 Å². The van der Waals surface area contributed by atoms with Crippen molar-refractivity contribution in [3.8, 4) is 0 Å². The maximum atomic E-state index is 13.7. The van der Waals surface area contributed by atoms with E-state index < -0.39 is 216 Å². The molecular formula is C57H92O28S. The van der Waals surface area contributed by atoms with Crippen LogP contribution in [0.5, 0.6) is 0 Å². The number of carbonyl (C=O) groups excluding carboxylic acids is 1. The van der Waals surface area contributed by atoms with Crippen LogP contribution >= 0.6 is 0 Å². The first-order chi connectivity index (χ1) is 40.0. The highest BCUT2D eigenvalue weighted by molar-refractivity contribution is 7.80. The number of hydrogen-bond donors (Lipinski definition) is 13. The molecule has 0 spiro atoms. The average Bonchev–Trinajstić information content (AvgIpc) is 1.33. The Bertz CT molecular complexity index is 2520. The maximum absolute atomic E-state index is 13.7. The van der Waals surface area contributed by atoms with E-state index in [1.807, 2.05) is 0 Å². The lowest BCUT2D eigenvalue weighted by atomic mass is 9.47. The molecule has 8 fully saturated rings. The highest BCUT2D eigenvalue weighted by Gasteiger charge is 2.64. The Kier molecular flexibility index (Phi) is 20.6. The summed E-state index contributed by atoms with van der Waals surface area (Å²) < 4.78 is 107. The molecule has 13 N–H and O–H groups in total. The summed E-state index contributed by atoms with van der Waals surface area (Å²) in [5.74, 6) is -1.91. The van der Waals surface area contributed by atoms with Crippen LogP contribution in [-0.2, 0) is 71.5 Å². The van der Waals surface area contributed by atoms with Crippen LogP contribution in [0, 0.1) is 34.5 Å². The van der Waals surface area contributed by atoms with Gasteiger partial charge in [-0.2, -0.15) is 8.42 Å². The fourth-order valence-electron chi connectivity index (χ4n) is 15.4. The normalized spacial score (nSPS) is 51.0. The van der Waals surface area contributed by atoms with E-state index in [9.17, 15) is 79.0 Å². The number of fused-ring (bicyclic) bond motifs is 5. The number of aliphatic hydroxyl groups excluding tert-OH is 10. The van der Waals surface area contributed by atoms with Crippen LogP contribution in [-0.4, -0.2) is 265 Å². The highest BCUT2D eigenvalue weighted by atomic mass is 32.3. The van der Waals surface area contributed by atoms with E-state index in [0.29, 0.717) is 25.7 Å². The largest absolute Gasteiger partial charge is 0.397 e. The molecule has 9 rings (SSSR count). The van der Waals surface area contributed by atoms with Gasteiger partial charge in [0.2, 0.25) is 0 Å². The topological polar surface area (TPSA) is 425 Å². The second kappa shape index (κ2) is 25.9. The summed E-state index contributed by atoms with van der Waals surface area (Å²) in [6.07, 6.45) is -32.4. The molecule has 0 aromatic carbocycles. The number of ether oxygens (including phenoxy) is 11. The minimum atomic E-state index is -4.90. The molecule has 29 heteroatoms. The van der Waals surface area contributed by atoms with Gasteiger partial charge in [-0.05, 0) is 128 Å². The van der Waals surface area contributed by atoms with E-state index in [-0.39, 0.29) is 31.1 Å². The predicted molar refractivity (Wildman–Crippen MR) is 290 cm³/mol. The Labute approximate surface area is 500 Å². The number of methoxy groups -OCH3 is 1. The summed E-state index contributed by atoms with van der Waals surface area (Å²) in [5.41, 5.74) is -3.31. The summed E-state index contributed by atoms with van der Waals surface area (Å²) >= 11 is 0. The smallest absolute Gasteiger partial charge is 0.388 e. The highest BCUT2D eigenvalue weighted by Crippen LogP contribution is 2.67. The Hall–Kier alpha value is -1.90. The van der Waals surface area contributed by atoms with Gasteiger partial charge in [-0.1, -0.05) is 31.6 Å². The Morgan fingerprint density at radius 3 is 1.73 bits per heavy atom. The van der Waals surface area contributed by atoms with Crippen molar-refractivity contribution in [2.75, 3.05) is 13.7 Å². The molecule has 494 valence electrons. The van der Waals surface area contributed by atoms with Crippen molar-refractivity contribution in [2.45, 2.75) is 278 Å². The number of allylic oxidation sites excluding steroid dienone is 2. The van der Waals surface area contributed by atoms with E-state index in [1.165, 1.54) is 67.7 Å². The maximum Gasteiger partial charge on any atom is 0.397 e. The second-order valence-corrected chi connectivity index (χ2v) is 27.7. The minimum absolute atomic E-state index is 0.0813. The van der Waals surface area contributed by atoms with E-state index in [2.05, 4.69) is 19.9 Å². The summed E-state index contributed by atoms with van der Waals surface area (Å²) in [7, 11) is -3.66. The van der Waals surface area contributed by atoms with Crippen LogP contribution in [0.3, 0.4) is 0 Å². The van der Waals surface area contributed by atoms with Crippen molar-refractivity contribution in [3.05, 3.63) is 23.8 Å². The molecule has 28 nitrogen and oxygen atoms in total. The fraction of sp³-hybridized carbons (Fsp3) is 0.912. The van der Waals surface area contributed by atoms with Crippen molar-refractivity contribution < 1.29 is 135 Å². The third kappa shape index (κ3) is 13.4. The summed E-state index contributed by atoms with van der Waals surface area (Å²) in [6, 6.07) is 0. The van der Waals surface area contributed by atoms with Crippen LogP contribution in [0.2, 0.25) is 0 Å². The van der Waals surface area contributed by atoms with Crippen molar-refractivity contribution >= 4 is 16.2 Å². The lowest BCUT2D eigenvalue weighted by Gasteiger charge is -2.60. The predicted octanol–water partition coefficient (Wildman–Crippen LogP) is -2.10. The van der Waals surface area contributed by atoms with Gasteiger partial charge in [0, 0.05) is 13.0 Å². The van der Waals surface area contributed by atoms with Gasteiger partial charge < -0.3 is 113 Å². The van der Waals surface area contributed by atoms with Crippen LogP contribution in [0.4, 0.5) is 0 Å². The van der Waals surface area contributed by atoms with Crippen molar-refractivity contribution in [3.63, 3.8) is 0 Å². The third-order valence-corrected chi connectivity index (χ3v) is 20.9. The number of carbonyl (C=O) groups is 1. The molecule has 0 bridgehead atoms. The second-order valence-electron chi connectivity index (χ2n) is 26.7. The van der Waals surface area contributed by atoms with E-state index in [4.69, 9.17) is 56.3 Å². The lowest BCUT2D eigenvalue weighted by molar-refractivity contribution is -0.398. The first kappa shape index (κ1) is 68.5. The zero-order valence-corrected chi connectivity index (χ0v) is 50.9. The number of rotatable bonds is 17. The van der Waals surface area contributed by atoms with Gasteiger partial charge in [0.1, 0.15) is 97.2 Å². The fourth-order valence-corrected chi connectivity index (χ4v) is 16.0. The Morgan fingerprint density at radius 1 is 0.605 bits per heavy atom. The Balaban J connectivity index is 0.989. The van der Waals surface area contributed by atoms with Crippen LogP contribution in [0.25, 0.3) is 0 Å². The zero-order chi connectivity index (χ0) is 63.2. The molecule has 4 aliphatic carbocycles. The summed E-state index contributed by atoms with van der Waals surface area (Å²) in [4.78, 5) is 13.7. The molecule has 9 aliphatic rings. The van der Waals surface area contributed by atoms with Crippen LogP contribution in [0.1, 0.15) is 107 Å². The molecule has 0 amide bonds. The monoisotopic (exact) mass is 1260 g/mol. The molecule has 86 heavy (non-hydrogen) atoms. The zero-order valence-electron chi connectivity index (χ0n) is 50.1. The van der Waals surface area contributed by atoms with Crippen LogP contribution in [0.15, 0.2) is 23.8 Å². The standard InChI is InChI=1S/C57H92O28S/c1-22-35(59)40(64)42(66)49(76-22)84-48-41(65)36(60)23(2)79-53(48)81-32-21-75-52(47(39(32)63)83-51-43(67)45(74-10)37(61)24(3)78-51)82-46-38(62)25(4)77-50(44(46)68)80-31-20-27-28-11-12-33(57(9,70)34(58)15-16-54(5,6)69)56(28,8)18-14-29(27)55(7)17-13-26(19-30(31)55)85-86(71,72)73/h14-16,22-28,30-33,35-53,59-70H,11-13,17-21H2,1-10H3,(H,71,72,73). The molecule has 33 unspecified atom stereocenters. The van der Waals surface area contributed by atoms with Crippen molar-refractivity contribution in [2.24, 2.45) is 34.5 Å². The molecule has 0 radical (unpaired) electrons. The number of aliphatic hydroxyl groups is 12. The molecule has 0 aromatic heterocycles. The molecule has 5 aliphatic heterocycles. The van der Waals surface area contributed by atoms with Crippen molar-refractivity contribution in [1.29, 1.82) is 0 Å². The minimum Gasteiger partial charge on any atom is -0.388 e. The Morgan fingerprint density at radius 2 is 1.13 bits per heavy atom. The SMILES string of the molecule is COC1C(O)C(C)OC(OC2C(OC3C(O)C(C)OC(OC4CC5C(=CCC6(C)C5CCC6C(C)(O)C(=O)C=CC(C)(C)O)C5(C)CCC(OS(=O)(=O)O)CC45)C3O)OCC(OC3OC(C)C(O)C(O)C3OC3OC(C)C(O)C(O)C3O)C2O)C1O. The molecule has 5 heterocycles. The molecule has 0 aromatic rings. The number of hydrogen-bond acceptors (Lipinski definition) is 27. The number of ketones is 1. The first-order valence-electron chi connectivity index (χ1n) is 29.9. The lowest BCUT2D eigenvalue weighted by Crippen LogP contribution is -2.67. The van der Waals surface area contributed by atoms with Crippen LogP contribution < -0.4 is 0 Å². The quantitative estimate of drug-likeness (QED) is 0.0421. The summed E-state index contributed by atoms with van der Waals surface area (Å²) in [5, 5.41) is 135. The van der Waals surface area contributed by atoms with E-state index in [1.54, 1.807) is 0 Å². The summed E-state index contributed by atoms with van der Waals surface area (Å²) in [6.45, 7) is 13.8. The van der Waals surface area contributed by atoms with E-state index >= 15 is 0 Å². The van der Waals surface area contributed by atoms with E-state index in [0.717, 1.165) is 5.57 Å². The first-order valence-corrected chi connectivity index (χ1v) is 31.3.